The number of carbonyl (C=O) groups is 9. The van der Waals surface area contributed by atoms with Crippen molar-refractivity contribution in [2.45, 2.75) is 128 Å². The third-order valence-electron chi connectivity index (χ3n) is 11.9. The third-order valence-corrected chi connectivity index (χ3v) is 11.9. The molecule has 0 radical (unpaired) electrons. The Labute approximate surface area is 395 Å². The minimum Gasteiger partial charge on any atom is -0.496 e. The van der Waals surface area contributed by atoms with Crippen molar-refractivity contribution >= 4 is 58.9 Å². The number of primary amides is 1. The second-order valence-electron chi connectivity index (χ2n) is 17.4. The average molecular weight is 939 g/mol. The molecule has 7 atom stereocenters. The van der Waals surface area contributed by atoms with E-state index in [-0.39, 0.29) is 38.7 Å². The molecular weight excluding hydrogens is 877 g/mol. The first kappa shape index (κ1) is 51.7. The predicted octanol–water partition coefficient (Wildman–Crippen LogP) is 2.78. The van der Waals surface area contributed by atoms with E-state index in [9.17, 15) is 43.2 Å². The van der Waals surface area contributed by atoms with E-state index in [2.05, 4.69) is 37.2 Å². The Balaban J connectivity index is 1.45. The van der Waals surface area contributed by atoms with Crippen molar-refractivity contribution in [3.63, 3.8) is 0 Å². The number of carbonyl (C=O) groups excluding carboxylic acids is 9. The summed E-state index contributed by atoms with van der Waals surface area (Å²) in [4.78, 5) is 121. The Morgan fingerprint density at radius 2 is 1.54 bits per heavy atom. The fourth-order valence-electron chi connectivity index (χ4n) is 7.97. The van der Waals surface area contributed by atoms with Gasteiger partial charge in [-0.05, 0) is 61.4 Å². The van der Waals surface area contributed by atoms with Crippen molar-refractivity contribution in [3.8, 4) is 16.9 Å². The number of hydrogen-bond acceptors (Lipinski definition) is 11. The smallest absolute Gasteiger partial charge is 0.408 e. The number of alkyl carbamates (subject to hydrolysis) is 1. The molecule has 5 rings (SSSR count). The van der Waals surface area contributed by atoms with Crippen LogP contribution < -0.4 is 47.7 Å². The zero-order chi connectivity index (χ0) is 49.7. The number of ketones is 1. The number of nitrogens with one attached hydrogen (secondary N) is 7. The van der Waals surface area contributed by atoms with Gasteiger partial charge in [-0.2, -0.15) is 0 Å². The summed E-state index contributed by atoms with van der Waals surface area (Å²) in [6, 6.07) is 12.5. The summed E-state index contributed by atoms with van der Waals surface area (Å²) >= 11 is 0. The molecule has 9 N–H and O–H groups in total. The molecule has 0 fully saturated rings. The fourth-order valence-corrected chi connectivity index (χ4v) is 7.97. The van der Waals surface area contributed by atoms with Gasteiger partial charge in [-0.1, -0.05) is 88.2 Å². The third kappa shape index (κ3) is 13.6. The largest absolute Gasteiger partial charge is 0.496 e. The quantitative estimate of drug-likeness (QED) is 0.0918. The van der Waals surface area contributed by atoms with Crippen LogP contribution in [0.1, 0.15) is 95.8 Å². The van der Waals surface area contributed by atoms with Crippen LogP contribution >= 0.6 is 0 Å². The summed E-state index contributed by atoms with van der Waals surface area (Å²) in [5, 5.41) is 18.8. The zero-order valence-electron chi connectivity index (χ0n) is 39.2. The molecule has 3 aromatic carbocycles. The van der Waals surface area contributed by atoms with Gasteiger partial charge in [0.1, 0.15) is 42.6 Å². The maximum Gasteiger partial charge on any atom is 0.408 e. The van der Waals surface area contributed by atoms with Crippen molar-refractivity contribution in [3.05, 3.63) is 83.4 Å². The minimum atomic E-state index is -1.43. The molecule has 68 heavy (non-hydrogen) atoms. The van der Waals surface area contributed by atoms with E-state index in [1.165, 1.54) is 21.0 Å². The molecule has 0 spiro atoms. The summed E-state index contributed by atoms with van der Waals surface area (Å²) in [6.45, 7) is 8.01. The lowest BCUT2D eigenvalue weighted by Crippen LogP contribution is -2.59. The number of hydrogen-bond donors (Lipinski definition) is 8. The predicted molar refractivity (Wildman–Crippen MR) is 250 cm³/mol. The van der Waals surface area contributed by atoms with Gasteiger partial charge in [-0.25, -0.2) is 4.79 Å². The van der Waals surface area contributed by atoms with Gasteiger partial charge in [0.25, 0.3) is 0 Å². The Morgan fingerprint density at radius 1 is 0.809 bits per heavy atom. The first-order chi connectivity index (χ1) is 32.4. The normalized spacial score (nSPS) is 19.2. The Bertz CT molecular complexity index is 2370. The molecule has 364 valence electrons. The molecule has 8 amide bonds. The highest BCUT2D eigenvalue weighted by atomic mass is 16.5. The highest BCUT2D eigenvalue weighted by molar-refractivity contribution is 6.08. The van der Waals surface area contributed by atoms with Crippen LogP contribution in [0.4, 0.5) is 10.5 Å². The van der Waals surface area contributed by atoms with Crippen LogP contribution in [0.15, 0.2) is 66.7 Å². The van der Waals surface area contributed by atoms with Gasteiger partial charge < -0.3 is 52.4 Å². The van der Waals surface area contributed by atoms with Crippen LogP contribution in [0.5, 0.6) is 5.75 Å². The molecular formula is C49H62N8O11. The zero-order valence-corrected chi connectivity index (χ0v) is 39.2. The molecule has 0 aliphatic carbocycles. The van der Waals surface area contributed by atoms with Crippen LogP contribution in [-0.4, -0.2) is 96.6 Å². The van der Waals surface area contributed by atoms with Crippen molar-refractivity contribution in [1.82, 2.24) is 31.9 Å². The second kappa shape index (κ2) is 23.9. The van der Waals surface area contributed by atoms with Gasteiger partial charge in [0.2, 0.25) is 41.4 Å². The minimum absolute atomic E-state index is 0.0514. The van der Waals surface area contributed by atoms with Gasteiger partial charge in [-0.15, -0.1) is 0 Å². The van der Waals surface area contributed by atoms with Gasteiger partial charge in [0.15, 0.2) is 5.78 Å². The first-order valence-electron chi connectivity index (χ1n) is 22.8. The summed E-state index contributed by atoms with van der Waals surface area (Å²) in [5.74, 6) is -6.28. The van der Waals surface area contributed by atoms with E-state index < -0.39 is 101 Å². The molecule has 0 saturated carbocycles. The van der Waals surface area contributed by atoms with E-state index in [0.717, 1.165) is 5.56 Å². The average Bonchev–Trinajstić information content (AvgIpc) is 3.63. The number of methoxy groups -OCH3 is 1. The van der Waals surface area contributed by atoms with Crippen molar-refractivity contribution < 1.29 is 52.6 Å². The molecule has 0 unspecified atom stereocenters. The topological polar surface area (TPSA) is 282 Å². The summed E-state index contributed by atoms with van der Waals surface area (Å²) in [6.07, 6.45) is -0.465. The summed E-state index contributed by atoms with van der Waals surface area (Å²) in [5.41, 5.74) is 8.70. The number of para-hydroxylation sites is 1. The molecule has 2 heterocycles. The van der Waals surface area contributed by atoms with Crippen molar-refractivity contribution in [2.75, 3.05) is 12.4 Å². The Morgan fingerprint density at radius 3 is 2.22 bits per heavy atom. The number of ether oxygens (including phenoxy) is 2. The number of anilines is 1. The summed E-state index contributed by atoms with van der Waals surface area (Å²) < 4.78 is 11.2. The molecule has 19 nitrogen and oxygen atoms in total. The number of amides is 8. The van der Waals surface area contributed by atoms with E-state index in [1.54, 1.807) is 74.5 Å². The Hall–Kier alpha value is -7.31. The number of Topliss-reactive ketones (excluding diaryl/α,β-unsaturated/α-hetero) is 1. The van der Waals surface area contributed by atoms with E-state index >= 15 is 0 Å². The fraction of sp³-hybridized carbons (Fsp3) is 0.449. The highest BCUT2D eigenvalue weighted by Crippen LogP contribution is 2.44. The van der Waals surface area contributed by atoms with Gasteiger partial charge in [0.05, 0.1) is 24.8 Å². The second-order valence-corrected chi connectivity index (χ2v) is 17.4. The molecule has 2 aliphatic heterocycles. The number of nitrogens with two attached hydrogens (primary N) is 1. The lowest BCUT2D eigenvalue weighted by atomic mass is 9.89. The van der Waals surface area contributed by atoms with Crippen molar-refractivity contribution in [1.29, 1.82) is 0 Å². The number of rotatable bonds is 18. The molecule has 6 bridgehead atoms. The maximum absolute atomic E-state index is 14.5. The molecule has 3 aromatic rings. The molecule has 2 aliphatic rings. The summed E-state index contributed by atoms with van der Waals surface area (Å²) in [7, 11) is 1.50. The van der Waals surface area contributed by atoms with Gasteiger partial charge >= 0.3 is 6.09 Å². The molecule has 19 heteroatoms. The SMILES string of the molecule is CCCC[C@H](NC(=O)[C@@H]1C[C@@H]2C(=O)Nc3c(cccc32)-c2cc(ccc2OC)C[C@H](NC(=O)OCc2ccccc2)C(=O)N[C@@H](C(C)C)C(=O)N1)C(=O)CCC(=O)N[C@@H](C)C(=O)N[C@@H](C)C(N)=O. The van der Waals surface area contributed by atoms with Gasteiger partial charge in [0, 0.05) is 30.4 Å². The lowest BCUT2D eigenvalue weighted by molar-refractivity contribution is -0.135. The Kier molecular flexibility index (Phi) is 18.2. The standard InChI is InChI=1S/C49H62N8O11/c1-7-8-17-35(38(58)19-21-40(59)51-28(5)44(61)52-27(4)43(50)60)53-46(63)37-24-34-32-16-12-15-31(42(32)57-45(34)62)33-22-30(18-20-39(33)67-6)23-36(47(64)56-41(26(2)3)48(65)54-37)55-49(66)68-25-29-13-10-9-11-14-29/h9-16,18,20,22,26-28,34-37,41H,7-8,17,19,21,23-25H2,1-6H3,(H2,50,60)(H,51,59)(H,52,61)(H,53,63)(H,54,65)(H,55,66)(H,56,64)(H,57,62)/t27-,28-,34-,35-,36-,37-,41-/m0/s1. The van der Waals surface area contributed by atoms with E-state index in [1.807, 2.05) is 13.0 Å². The van der Waals surface area contributed by atoms with E-state index in [0.29, 0.717) is 46.5 Å². The van der Waals surface area contributed by atoms with Gasteiger partial charge in [-0.3, -0.25) is 38.4 Å². The maximum atomic E-state index is 14.5. The number of fused-ring (bicyclic) bond motifs is 3. The van der Waals surface area contributed by atoms with E-state index in [4.69, 9.17) is 15.2 Å². The monoisotopic (exact) mass is 938 g/mol. The molecule has 0 aromatic heterocycles. The van der Waals surface area contributed by atoms with Crippen LogP contribution in [0.3, 0.4) is 0 Å². The highest BCUT2D eigenvalue weighted by Gasteiger charge is 2.40. The number of unbranched alkanes of at least 4 members (excludes halogenated alkanes) is 1. The van der Waals surface area contributed by atoms with Crippen molar-refractivity contribution in [2.24, 2.45) is 11.7 Å². The van der Waals surface area contributed by atoms with Crippen LogP contribution in [0.2, 0.25) is 0 Å². The first-order valence-corrected chi connectivity index (χ1v) is 22.8. The number of benzene rings is 3. The van der Waals surface area contributed by atoms with Crippen LogP contribution in [0.25, 0.3) is 11.1 Å². The van der Waals surface area contributed by atoms with Crippen LogP contribution in [0, 0.1) is 5.92 Å². The lowest BCUT2D eigenvalue weighted by Gasteiger charge is -2.29. The molecule has 0 saturated heterocycles. The van der Waals surface area contributed by atoms with Crippen LogP contribution in [-0.2, 0) is 56.1 Å².